The topological polar surface area (TPSA) is 101 Å². The molecule has 2 saturated carbocycles. The van der Waals surface area contributed by atoms with Crippen LogP contribution in [-0.2, 0) is 4.74 Å². The summed E-state index contributed by atoms with van der Waals surface area (Å²) in [7, 11) is 0. The van der Waals surface area contributed by atoms with E-state index < -0.39 is 28.9 Å². The number of alkyl carbamates (subject to hydrolysis) is 1. The van der Waals surface area contributed by atoms with Crippen LogP contribution in [0.4, 0.5) is 14.9 Å². The minimum Gasteiger partial charge on any atom is -0.477 e. The number of pyridine rings is 1. The molecule has 5 rings (SSSR count). The summed E-state index contributed by atoms with van der Waals surface area (Å²) in [6.07, 6.45) is 3.69. The molecule has 2 aliphatic carbocycles. The third-order valence-electron chi connectivity index (χ3n) is 6.90. The first-order valence-corrected chi connectivity index (χ1v) is 11.3. The lowest BCUT2D eigenvalue weighted by Gasteiger charge is -2.25. The zero-order chi connectivity index (χ0) is 23.7. The van der Waals surface area contributed by atoms with Gasteiger partial charge in [0.15, 0.2) is 0 Å². The molecule has 33 heavy (non-hydrogen) atoms. The molecule has 1 aliphatic heterocycles. The zero-order valence-corrected chi connectivity index (χ0v) is 19.0. The van der Waals surface area contributed by atoms with Crippen molar-refractivity contribution in [3.63, 3.8) is 0 Å². The number of benzene rings is 1. The summed E-state index contributed by atoms with van der Waals surface area (Å²) in [5.41, 5.74) is -0.716. The van der Waals surface area contributed by atoms with E-state index in [-0.39, 0.29) is 22.4 Å². The van der Waals surface area contributed by atoms with Crippen LogP contribution >= 0.6 is 0 Å². The fourth-order valence-electron chi connectivity index (χ4n) is 5.02. The van der Waals surface area contributed by atoms with Gasteiger partial charge in [-0.05, 0) is 58.1 Å². The SMILES string of the molecule is CC(C)(C)OC(=O)NCC12CC1CN(c1cc3c(cc1F)c(=O)c(C(=O)O)cn3C1CC1)C2. The first kappa shape index (κ1) is 21.7. The van der Waals surface area contributed by atoms with E-state index in [1.54, 1.807) is 10.6 Å². The van der Waals surface area contributed by atoms with Crippen LogP contribution in [0, 0.1) is 17.2 Å². The van der Waals surface area contributed by atoms with Crippen LogP contribution in [0.25, 0.3) is 10.9 Å². The van der Waals surface area contributed by atoms with Gasteiger partial charge in [0.25, 0.3) is 0 Å². The average molecular weight is 458 g/mol. The Morgan fingerprint density at radius 3 is 2.67 bits per heavy atom. The van der Waals surface area contributed by atoms with Gasteiger partial charge in [0.2, 0.25) is 5.43 Å². The number of aromatic nitrogens is 1. The number of nitrogens with zero attached hydrogens (tertiary/aromatic N) is 2. The van der Waals surface area contributed by atoms with Crippen LogP contribution < -0.4 is 15.6 Å². The molecule has 176 valence electrons. The maximum absolute atomic E-state index is 15.2. The Morgan fingerprint density at radius 1 is 1.30 bits per heavy atom. The van der Waals surface area contributed by atoms with E-state index in [1.807, 2.05) is 25.7 Å². The molecule has 2 aromatic rings. The van der Waals surface area contributed by atoms with Crippen LogP contribution in [0.1, 0.15) is 56.4 Å². The molecule has 3 fully saturated rings. The molecule has 2 N–H and O–H groups in total. The van der Waals surface area contributed by atoms with Gasteiger partial charge in [-0.3, -0.25) is 4.79 Å². The van der Waals surface area contributed by atoms with E-state index in [9.17, 15) is 19.5 Å². The van der Waals surface area contributed by atoms with Crippen molar-refractivity contribution in [3.8, 4) is 0 Å². The molecule has 8 nitrogen and oxygen atoms in total. The highest BCUT2D eigenvalue weighted by molar-refractivity contribution is 5.93. The number of hydrogen-bond acceptors (Lipinski definition) is 5. The Bertz CT molecular complexity index is 1230. The maximum Gasteiger partial charge on any atom is 0.407 e. The number of hydrogen-bond donors (Lipinski definition) is 2. The molecular weight excluding hydrogens is 429 g/mol. The van der Waals surface area contributed by atoms with Gasteiger partial charge in [0.05, 0.1) is 11.2 Å². The normalized spacial score (nSPS) is 24.0. The third kappa shape index (κ3) is 3.94. The zero-order valence-electron chi connectivity index (χ0n) is 19.0. The highest BCUT2D eigenvalue weighted by atomic mass is 19.1. The van der Waals surface area contributed by atoms with Gasteiger partial charge in [0.1, 0.15) is 17.0 Å². The van der Waals surface area contributed by atoms with Crippen LogP contribution in [0.5, 0.6) is 0 Å². The minimum absolute atomic E-state index is 0.0914. The number of ether oxygens (including phenoxy) is 1. The number of carbonyl (C=O) groups is 2. The molecule has 1 saturated heterocycles. The Kier molecular flexibility index (Phi) is 4.74. The van der Waals surface area contributed by atoms with Gasteiger partial charge in [-0.1, -0.05) is 0 Å². The van der Waals surface area contributed by atoms with Crippen molar-refractivity contribution < 1.29 is 23.8 Å². The smallest absolute Gasteiger partial charge is 0.407 e. The summed E-state index contributed by atoms with van der Waals surface area (Å²) in [5.74, 6) is -1.50. The van der Waals surface area contributed by atoms with E-state index in [0.717, 1.165) is 19.3 Å². The number of carboxylic acids is 1. The average Bonchev–Trinajstić information content (AvgIpc) is 3.63. The fraction of sp³-hybridized carbons (Fsp3) is 0.542. The van der Waals surface area contributed by atoms with Crippen LogP contribution in [0.3, 0.4) is 0 Å². The van der Waals surface area contributed by atoms with Gasteiger partial charge in [0, 0.05) is 42.7 Å². The number of piperidine rings is 1. The maximum atomic E-state index is 15.2. The molecule has 0 radical (unpaired) electrons. The highest BCUT2D eigenvalue weighted by Crippen LogP contribution is 2.58. The van der Waals surface area contributed by atoms with Gasteiger partial charge in [-0.2, -0.15) is 0 Å². The van der Waals surface area contributed by atoms with Crippen molar-refractivity contribution in [1.82, 2.24) is 9.88 Å². The second-order valence-corrected chi connectivity index (χ2v) is 10.6. The molecule has 1 aromatic heterocycles. The van der Waals surface area contributed by atoms with E-state index in [1.165, 1.54) is 12.3 Å². The lowest BCUT2D eigenvalue weighted by Crippen LogP contribution is -2.38. The number of carboxylic acid groups (broad SMARTS) is 1. The summed E-state index contributed by atoms with van der Waals surface area (Å²) < 4.78 is 22.3. The number of anilines is 1. The van der Waals surface area contributed by atoms with E-state index in [4.69, 9.17) is 4.74 Å². The van der Waals surface area contributed by atoms with E-state index in [0.29, 0.717) is 36.8 Å². The van der Waals surface area contributed by atoms with Crippen molar-refractivity contribution >= 4 is 28.7 Å². The monoisotopic (exact) mass is 457 g/mol. The van der Waals surface area contributed by atoms with Crippen LogP contribution in [0.15, 0.2) is 23.1 Å². The van der Waals surface area contributed by atoms with Crippen molar-refractivity contribution in [3.05, 3.63) is 39.9 Å². The molecule has 2 unspecified atom stereocenters. The summed E-state index contributed by atoms with van der Waals surface area (Å²) in [6, 6.07) is 2.98. The first-order valence-electron chi connectivity index (χ1n) is 11.3. The largest absolute Gasteiger partial charge is 0.477 e. The van der Waals surface area contributed by atoms with Crippen molar-refractivity contribution in [1.29, 1.82) is 0 Å². The molecule has 0 spiro atoms. The Balaban J connectivity index is 1.41. The summed E-state index contributed by atoms with van der Waals surface area (Å²) in [6.45, 7) is 7.16. The number of halogens is 1. The van der Waals surface area contributed by atoms with Crippen molar-refractivity contribution in [2.75, 3.05) is 24.5 Å². The third-order valence-corrected chi connectivity index (χ3v) is 6.90. The van der Waals surface area contributed by atoms with Gasteiger partial charge in [-0.15, -0.1) is 0 Å². The molecule has 2 atom stereocenters. The Labute approximate surface area is 190 Å². The lowest BCUT2D eigenvalue weighted by molar-refractivity contribution is 0.0516. The second kappa shape index (κ2) is 7.20. The van der Waals surface area contributed by atoms with E-state index >= 15 is 4.39 Å². The van der Waals surface area contributed by atoms with Gasteiger partial charge in [-0.25, -0.2) is 14.0 Å². The standard InChI is InChI=1S/C24H28FN3O5/c1-23(2,3)33-22(32)26-11-24-8-13(24)9-27(12-24)19-7-18-15(6-17(19)25)20(29)16(21(30)31)10-28(18)14-4-5-14/h6-7,10,13-14H,4-5,8-9,11-12H2,1-3H3,(H,26,32)(H,30,31). The molecule has 1 aromatic carbocycles. The van der Waals surface area contributed by atoms with Crippen molar-refractivity contribution in [2.45, 2.75) is 51.7 Å². The van der Waals surface area contributed by atoms with Gasteiger partial charge < -0.3 is 24.6 Å². The predicted molar refractivity (Wildman–Crippen MR) is 120 cm³/mol. The molecule has 3 aliphatic rings. The molecular formula is C24H28FN3O5. The summed E-state index contributed by atoms with van der Waals surface area (Å²) >= 11 is 0. The molecule has 1 amide bonds. The molecule has 2 heterocycles. The Hall–Kier alpha value is -3.10. The quantitative estimate of drug-likeness (QED) is 0.713. The van der Waals surface area contributed by atoms with Crippen molar-refractivity contribution in [2.24, 2.45) is 11.3 Å². The minimum atomic E-state index is -1.31. The van der Waals surface area contributed by atoms with Gasteiger partial charge >= 0.3 is 12.1 Å². The predicted octanol–water partition coefficient (Wildman–Crippen LogP) is 3.52. The van der Waals surface area contributed by atoms with Crippen LogP contribution in [-0.4, -0.2) is 47.0 Å². The summed E-state index contributed by atoms with van der Waals surface area (Å²) in [5, 5.41) is 12.4. The number of amides is 1. The number of nitrogens with one attached hydrogen (secondary N) is 1. The van der Waals surface area contributed by atoms with Crippen LogP contribution in [0.2, 0.25) is 0 Å². The number of aromatic carboxylic acids is 1. The molecule has 0 bridgehead atoms. The second-order valence-electron chi connectivity index (χ2n) is 10.6. The van der Waals surface area contributed by atoms with E-state index in [2.05, 4.69) is 5.32 Å². The Morgan fingerprint density at radius 2 is 2.03 bits per heavy atom. The number of fused-ring (bicyclic) bond motifs is 2. The number of carbonyl (C=O) groups excluding carboxylic acids is 1. The highest BCUT2D eigenvalue weighted by Gasteiger charge is 2.60. The number of rotatable bonds is 5. The molecule has 9 heteroatoms. The first-order chi connectivity index (χ1) is 15.5. The lowest BCUT2D eigenvalue weighted by atomic mass is 10.1. The summed E-state index contributed by atoms with van der Waals surface area (Å²) in [4.78, 5) is 38.2. The fourth-order valence-corrected chi connectivity index (χ4v) is 5.02.